The van der Waals surface area contributed by atoms with E-state index in [1.807, 2.05) is 31.2 Å². The van der Waals surface area contributed by atoms with Crippen molar-refractivity contribution in [3.8, 4) is 5.88 Å². The van der Waals surface area contributed by atoms with Crippen LogP contribution in [0.1, 0.15) is 49.4 Å². The Labute approximate surface area is 154 Å². The number of carbonyl (C=O) groups is 1. The number of hydrogen-bond donors (Lipinski definition) is 0. The van der Waals surface area contributed by atoms with Crippen molar-refractivity contribution < 1.29 is 14.3 Å². The van der Waals surface area contributed by atoms with E-state index in [0.29, 0.717) is 30.1 Å². The molecule has 0 saturated carbocycles. The average Bonchev–Trinajstić information content (AvgIpc) is 2.86. The molecule has 0 aliphatic carbocycles. The van der Waals surface area contributed by atoms with Gasteiger partial charge >= 0.3 is 5.97 Å². The number of esters is 1. The molecule has 2 saturated heterocycles. The van der Waals surface area contributed by atoms with Gasteiger partial charge in [0.25, 0.3) is 0 Å². The fraction of sp³-hybridized carbons (Fsp3) is 0.524. The van der Waals surface area contributed by atoms with Crippen LogP contribution in [0.2, 0.25) is 0 Å². The van der Waals surface area contributed by atoms with E-state index in [1.165, 1.54) is 12.8 Å². The van der Waals surface area contributed by atoms with Gasteiger partial charge in [0.05, 0.1) is 17.7 Å². The fourth-order valence-electron chi connectivity index (χ4n) is 4.27. The van der Waals surface area contributed by atoms with E-state index in [-0.39, 0.29) is 12.1 Å². The lowest BCUT2D eigenvalue weighted by Crippen LogP contribution is -2.43. The molecule has 0 amide bonds. The predicted octanol–water partition coefficient (Wildman–Crippen LogP) is 3.81. The molecule has 2 fully saturated rings. The number of aromatic nitrogens is 1. The minimum absolute atomic E-state index is 0.00291. The van der Waals surface area contributed by atoms with Gasteiger partial charge in [0.15, 0.2) is 0 Å². The van der Waals surface area contributed by atoms with Crippen LogP contribution in [0.25, 0.3) is 10.9 Å². The summed E-state index contributed by atoms with van der Waals surface area (Å²) in [6.45, 7) is 2.63. The van der Waals surface area contributed by atoms with Gasteiger partial charge in [0.1, 0.15) is 6.10 Å². The first-order chi connectivity index (χ1) is 12.7. The normalized spacial score (nSPS) is 25.4. The zero-order valence-corrected chi connectivity index (χ0v) is 15.5. The van der Waals surface area contributed by atoms with Crippen molar-refractivity contribution in [3.63, 3.8) is 0 Å². The van der Waals surface area contributed by atoms with Gasteiger partial charge in [-0.15, -0.1) is 0 Å². The lowest BCUT2D eigenvalue weighted by molar-refractivity contribution is -0.000306. The topological polar surface area (TPSA) is 51.7 Å². The molecule has 0 N–H and O–H groups in total. The van der Waals surface area contributed by atoms with Crippen molar-refractivity contribution in [2.24, 2.45) is 0 Å². The zero-order valence-electron chi connectivity index (χ0n) is 15.5. The molecule has 2 bridgehead atoms. The maximum atomic E-state index is 12.9. The number of rotatable bonds is 5. The molecule has 3 heterocycles. The van der Waals surface area contributed by atoms with Gasteiger partial charge in [-0.05, 0) is 32.4 Å². The molecule has 5 heteroatoms. The van der Waals surface area contributed by atoms with Gasteiger partial charge < -0.3 is 14.4 Å². The minimum Gasteiger partial charge on any atom is -0.478 e. The second-order valence-corrected chi connectivity index (χ2v) is 7.42. The highest BCUT2D eigenvalue weighted by Crippen LogP contribution is 2.36. The third kappa shape index (κ3) is 3.28. The van der Waals surface area contributed by atoms with Crippen LogP contribution in [-0.4, -0.2) is 47.7 Å². The van der Waals surface area contributed by atoms with E-state index in [2.05, 4.69) is 16.9 Å². The molecule has 138 valence electrons. The molecule has 4 rings (SSSR count). The number of pyridine rings is 1. The van der Waals surface area contributed by atoms with Gasteiger partial charge in [-0.1, -0.05) is 25.1 Å². The Morgan fingerprint density at radius 2 is 1.96 bits per heavy atom. The first-order valence-electron chi connectivity index (χ1n) is 9.61. The Morgan fingerprint density at radius 1 is 1.23 bits per heavy atom. The summed E-state index contributed by atoms with van der Waals surface area (Å²) in [5.74, 6) is 0.222. The first kappa shape index (κ1) is 17.3. The molecule has 2 aromatic rings. The van der Waals surface area contributed by atoms with Crippen molar-refractivity contribution in [2.75, 3.05) is 13.7 Å². The van der Waals surface area contributed by atoms with Gasteiger partial charge in [-0.2, -0.15) is 0 Å². The maximum absolute atomic E-state index is 12.9. The molecule has 1 aromatic heterocycles. The highest BCUT2D eigenvalue weighted by molar-refractivity contribution is 6.03. The van der Waals surface area contributed by atoms with E-state index < -0.39 is 0 Å². The number of para-hydroxylation sites is 1. The molecular formula is C21H26N2O3. The number of piperidine rings is 1. The Hall–Kier alpha value is -2.14. The van der Waals surface area contributed by atoms with Crippen LogP contribution in [0.4, 0.5) is 0 Å². The summed E-state index contributed by atoms with van der Waals surface area (Å²) >= 11 is 0. The Balaban J connectivity index is 1.57. The fourth-order valence-corrected chi connectivity index (χ4v) is 4.27. The van der Waals surface area contributed by atoms with Crippen LogP contribution in [-0.2, 0) is 4.74 Å². The second kappa shape index (κ2) is 7.23. The largest absolute Gasteiger partial charge is 0.478 e. The standard InChI is InChI=1S/C21H26N2O3/c1-3-10-25-20-13-18(17-6-4-5-7-19(17)22-20)21(24)26-16-11-14-8-9-15(12-16)23(14)2/h4-7,13-16H,3,8-12H2,1-2H3/i2-1. The van der Waals surface area contributed by atoms with Crippen molar-refractivity contribution in [3.05, 3.63) is 35.9 Å². The third-order valence-corrected chi connectivity index (χ3v) is 5.70. The van der Waals surface area contributed by atoms with Gasteiger partial charge in [-0.3, -0.25) is 0 Å². The maximum Gasteiger partial charge on any atom is 0.339 e. The predicted molar refractivity (Wildman–Crippen MR) is 101 cm³/mol. The van der Waals surface area contributed by atoms with Crippen LogP contribution >= 0.6 is 0 Å². The summed E-state index contributed by atoms with van der Waals surface area (Å²) in [6, 6.07) is 10.5. The third-order valence-electron chi connectivity index (χ3n) is 5.70. The van der Waals surface area contributed by atoms with Crippen molar-refractivity contribution in [2.45, 2.75) is 57.2 Å². The smallest absolute Gasteiger partial charge is 0.339 e. The Bertz CT molecular complexity index is 793. The first-order valence-corrected chi connectivity index (χ1v) is 9.61. The van der Waals surface area contributed by atoms with Crippen LogP contribution in [0, 0.1) is 0 Å². The van der Waals surface area contributed by atoms with Crippen LogP contribution < -0.4 is 4.74 Å². The summed E-state index contributed by atoms with van der Waals surface area (Å²) in [4.78, 5) is 19.9. The summed E-state index contributed by atoms with van der Waals surface area (Å²) < 4.78 is 11.6. The number of ether oxygens (including phenoxy) is 2. The van der Waals surface area contributed by atoms with Gasteiger partial charge in [0.2, 0.25) is 5.88 Å². The highest BCUT2D eigenvalue weighted by Gasteiger charge is 2.40. The Kier molecular flexibility index (Phi) is 4.81. The molecule has 1 aromatic carbocycles. The van der Waals surface area contributed by atoms with Gasteiger partial charge in [-0.25, -0.2) is 9.78 Å². The molecule has 2 atom stereocenters. The quantitative estimate of drug-likeness (QED) is 0.765. The van der Waals surface area contributed by atoms with E-state index >= 15 is 0 Å². The van der Waals surface area contributed by atoms with Crippen LogP contribution in [0.3, 0.4) is 0 Å². The lowest BCUT2D eigenvalue weighted by atomic mass is 9.98. The summed E-state index contributed by atoms with van der Waals surface area (Å²) in [7, 11) is 2.19. The highest BCUT2D eigenvalue weighted by atomic mass is 16.5. The molecule has 5 nitrogen and oxygen atoms in total. The molecule has 2 unspecified atom stereocenters. The van der Waals surface area contributed by atoms with E-state index in [9.17, 15) is 4.79 Å². The SMILES string of the molecule is CCCOc1cc(C(=O)OC2CC3CCC(C2)N3[11CH3])c2ccccc2n1. The van der Waals surface area contributed by atoms with Crippen LogP contribution in [0.15, 0.2) is 30.3 Å². The van der Waals surface area contributed by atoms with E-state index in [4.69, 9.17) is 9.47 Å². The van der Waals surface area contributed by atoms with Crippen molar-refractivity contribution in [1.82, 2.24) is 9.88 Å². The summed E-state index contributed by atoms with van der Waals surface area (Å²) in [5, 5.41) is 0.817. The average molecular weight is 353 g/mol. The number of hydrogen-bond acceptors (Lipinski definition) is 5. The second-order valence-electron chi connectivity index (χ2n) is 7.42. The number of nitrogens with zero attached hydrogens (tertiary/aromatic N) is 2. The minimum atomic E-state index is -0.265. The molecule has 26 heavy (non-hydrogen) atoms. The number of carbonyl (C=O) groups excluding carboxylic acids is 1. The van der Waals surface area contributed by atoms with E-state index in [1.54, 1.807) is 6.07 Å². The number of fused-ring (bicyclic) bond motifs is 3. The Morgan fingerprint density at radius 3 is 2.69 bits per heavy atom. The molecule has 2 aliphatic rings. The van der Waals surface area contributed by atoms with E-state index in [0.717, 1.165) is 30.2 Å². The molecule has 2 aliphatic heterocycles. The number of benzene rings is 1. The summed E-state index contributed by atoms with van der Waals surface area (Å²) in [6.07, 6.45) is 5.18. The monoisotopic (exact) mass is 353 g/mol. The molecule has 0 radical (unpaired) electrons. The lowest BCUT2D eigenvalue weighted by Gasteiger charge is -2.35. The summed E-state index contributed by atoms with van der Waals surface area (Å²) in [5.41, 5.74) is 1.31. The molecule has 0 spiro atoms. The zero-order chi connectivity index (χ0) is 18.1. The van der Waals surface area contributed by atoms with Crippen LogP contribution in [0.5, 0.6) is 5.88 Å². The molecular weight excluding hydrogens is 327 g/mol. The van der Waals surface area contributed by atoms with Crippen molar-refractivity contribution >= 4 is 16.9 Å². The van der Waals surface area contributed by atoms with Crippen molar-refractivity contribution in [1.29, 1.82) is 0 Å². The van der Waals surface area contributed by atoms with Gasteiger partial charge in [0, 0.05) is 36.4 Å².